The number of rotatable bonds is 8. The van der Waals surface area contributed by atoms with Gasteiger partial charge in [-0.2, -0.15) is 0 Å². The predicted octanol–water partition coefficient (Wildman–Crippen LogP) is -0.138. The monoisotopic (exact) mass is 560 g/mol. The number of hydrogen-bond donors (Lipinski definition) is 4. The van der Waals surface area contributed by atoms with Crippen molar-refractivity contribution in [1.29, 1.82) is 0 Å². The molecule has 32 heavy (non-hydrogen) atoms. The summed E-state index contributed by atoms with van der Waals surface area (Å²) in [6.07, 6.45) is -1.46. The van der Waals surface area contributed by atoms with E-state index in [0.717, 1.165) is 3.57 Å². The van der Waals surface area contributed by atoms with Gasteiger partial charge in [0.05, 0.1) is 18.3 Å². The molecule has 0 bridgehead atoms. The smallest absolute Gasteiger partial charge is 0.338 e. The van der Waals surface area contributed by atoms with E-state index < -0.39 is 48.2 Å². The van der Waals surface area contributed by atoms with Crippen molar-refractivity contribution < 1.29 is 38.8 Å². The number of aliphatic hydroxyl groups excluding tert-OH is 2. The fourth-order valence-corrected chi connectivity index (χ4v) is 3.80. The second-order valence-electron chi connectivity index (χ2n) is 7.43. The molecule has 1 aliphatic carbocycles. The molecule has 4 N–H and O–H groups in total. The van der Waals surface area contributed by atoms with Gasteiger partial charge in [0.15, 0.2) is 0 Å². The van der Waals surface area contributed by atoms with Crippen molar-refractivity contribution >= 4 is 40.4 Å². The first-order chi connectivity index (χ1) is 15.3. The number of amides is 2. The molecular formula is C21H25IN2O8. The minimum Gasteiger partial charge on any atom is -0.456 e. The summed E-state index contributed by atoms with van der Waals surface area (Å²) in [5, 5.41) is 23.7. The van der Waals surface area contributed by atoms with Crippen LogP contribution in [0, 0.1) is 3.57 Å². The van der Waals surface area contributed by atoms with Crippen molar-refractivity contribution in [2.24, 2.45) is 0 Å². The van der Waals surface area contributed by atoms with Crippen LogP contribution in [0.1, 0.15) is 23.7 Å². The van der Waals surface area contributed by atoms with Gasteiger partial charge in [-0.1, -0.05) is 0 Å². The number of hydrogen-bond acceptors (Lipinski definition) is 8. The van der Waals surface area contributed by atoms with Crippen LogP contribution in [-0.4, -0.2) is 78.4 Å². The van der Waals surface area contributed by atoms with Gasteiger partial charge in [-0.25, -0.2) is 4.79 Å². The highest BCUT2D eigenvalue weighted by atomic mass is 127. The molecule has 10 nitrogen and oxygen atoms in total. The molecule has 1 aliphatic heterocycles. The maximum Gasteiger partial charge on any atom is 0.338 e. The lowest BCUT2D eigenvalue weighted by Crippen LogP contribution is -2.54. The van der Waals surface area contributed by atoms with E-state index in [-0.39, 0.29) is 31.9 Å². The predicted molar refractivity (Wildman–Crippen MR) is 119 cm³/mol. The van der Waals surface area contributed by atoms with Gasteiger partial charge < -0.3 is 35.1 Å². The van der Waals surface area contributed by atoms with Gasteiger partial charge in [0.1, 0.15) is 31.1 Å². The van der Waals surface area contributed by atoms with Crippen molar-refractivity contribution in [3.63, 3.8) is 0 Å². The normalized spacial score (nSPS) is 24.0. The Bertz CT molecular complexity index is 873. The molecule has 0 unspecified atom stereocenters. The maximum atomic E-state index is 12.9. The first-order valence-corrected chi connectivity index (χ1v) is 11.2. The van der Waals surface area contributed by atoms with Crippen LogP contribution in [0.15, 0.2) is 35.9 Å². The number of carbonyl (C=O) groups excluding carboxylic acids is 3. The molecule has 1 saturated heterocycles. The van der Waals surface area contributed by atoms with Gasteiger partial charge in [-0.3, -0.25) is 9.59 Å². The second kappa shape index (κ2) is 11.2. The average Bonchev–Trinajstić information content (AvgIpc) is 3.24. The summed E-state index contributed by atoms with van der Waals surface area (Å²) in [5.74, 6) is -1.77. The molecule has 1 fully saturated rings. The van der Waals surface area contributed by atoms with E-state index in [0.29, 0.717) is 5.56 Å². The van der Waals surface area contributed by atoms with Crippen LogP contribution in [0.5, 0.6) is 0 Å². The molecule has 1 aromatic rings. The quantitative estimate of drug-likeness (QED) is 0.254. The second-order valence-corrected chi connectivity index (χ2v) is 8.68. The zero-order valence-corrected chi connectivity index (χ0v) is 19.5. The molecule has 2 amide bonds. The van der Waals surface area contributed by atoms with E-state index in [1.165, 1.54) is 6.92 Å². The van der Waals surface area contributed by atoms with Gasteiger partial charge in [0.25, 0.3) is 0 Å². The number of benzene rings is 1. The molecule has 174 valence electrons. The number of halogens is 1. The number of carbonyl (C=O) groups is 3. The Hall–Kier alpha value is -2.06. The highest BCUT2D eigenvalue weighted by molar-refractivity contribution is 14.1. The van der Waals surface area contributed by atoms with Crippen molar-refractivity contribution in [2.45, 2.75) is 43.8 Å². The van der Waals surface area contributed by atoms with Gasteiger partial charge >= 0.3 is 5.97 Å². The van der Waals surface area contributed by atoms with Crippen LogP contribution in [0.3, 0.4) is 0 Å². The molecule has 0 radical (unpaired) electrons. The number of nitrogens with one attached hydrogen (secondary N) is 2. The van der Waals surface area contributed by atoms with E-state index in [1.54, 1.807) is 30.3 Å². The summed E-state index contributed by atoms with van der Waals surface area (Å²) in [7, 11) is 0. The van der Waals surface area contributed by atoms with Crippen LogP contribution in [0.4, 0.5) is 0 Å². The number of ether oxygens (including phenoxy) is 3. The molecule has 0 saturated carbocycles. The van der Waals surface area contributed by atoms with E-state index in [1.807, 2.05) is 0 Å². The Kier molecular flexibility index (Phi) is 8.59. The lowest BCUT2D eigenvalue weighted by molar-refractivity contribution is -0.130. The van der Waals surface area contributed by atoms with Crippen molar-refractivity contribution in [2.75, 3.05) is 19.9 Å². The molecule has 0 aromatic heterocycles. The summed E-state index contributed by atoms with van der Waals surface area (Å²) in [5.41, 5.74) is 0.619. The third kappa shape index (κ3) is 6.04. The maximum absolute atomic E-state index is 12.9. The zero-order chi connectivity index (χ0) is 23.3. The molecule has 2 aliphatic rings. The van der Waals surface area contributed by atoms with E-state index in [4.69, 9.17) is 19.3 Å². The molecule has 0 spiro atoms. The summed E-state index contributed by atoms with van der Waals surface area (Å²) >= 11 is 2.13. The van der Waals surface area contributed by atoms with Gasteiger partial charge in [-0.15, -0.1) is 0 Å². The Balaban J connectivity index is 1.71. The molecule has 3 rings (SSSR count). The van der Waals surface area contributed by atoms with Crippen LogP contribution in [0.2, 0.25) is 0 Å². The third-order valence-electron chi connectivity index (χ3n) is 5.09. The van der Waals surface area contributed by atoms with Crippen LogP contribution >= 0.6 is 22.6 Å². The Morgan fingerprint density at radius 2 is 1.97 bits per heavy atom. The first kappa shape index (κ1) is 24.6. The molecule has 1 heterocycles. The molecule has 1 aromatic carbocycles. The third-order valence-corrected chi connectivity index (χ3v) is 5.81. The molecule has 5 atom stereocenters. The SMILES string of the molecule is C[C@H](O)[C@@H](NC(=O)C1=C[C@H]2OCO[C@H]2[C@H](OC(=O)c2ccc(I)cc2)C1)C(=O)NCCO. The fourth-order valence-electron chi connectivity index (χ4n) is 3.44. The summed E-state index contributed by atoms with van der Waals surface area (Å²) in [4.78, 5) is 37.7. The average molecular weight is 560 g/mol. The summed E-state index contributed by atoms with van der Waals surface area (Å²) < 4.78 is 17.7. The Morgan fingerprint density at radius 3 is 2.62 bits per heavy atom. The Labute approximate surface area is 198 Å². The van der Waals surface area contributed by atoms with Crippen molar-refractivity contribution in [3.8, 4) is 0 Å². The van der Waals surface area contributed by atoms with Crippen LogP contribution < -0.4 is 10.6 Å². The van der Waals surface area contributed by atoms with Crippen molar-refractivity contribution in [1.82, 2.24) is 10.6 Å². The topological polar surface area (TPSA) is 143 Å². The van der Waals surface area contributed by atoms with Crippen molar-refractivity contribution in [3.05, 3.63) is 45.0 Å². The lowest BCUT2D eigenvalue weighted by Gasteiger charge is -2.31. The van der Waals surface area contributed by atoms with Crippen LogP contribution in [-0.2, 0) is 23.8 Å². The largest absolute Gasteiger partial charge is 0.456 e. The highest BCUT2D eigenvalue weighted by Crippen LogP contribution is 2.31. The van der Waals surface area contributed by atoms with E-state index in [2.05, 4.69) is 33.2 Å². The van der Waals surface area contributed by atoms with Gasteiger partial charge in [0, 0.05) is 22.1 Å². The molecule has 11 heteroatoms. The highest BCUT2D eigenvalue weighted by Gasteiger charge is 2.43. The number of aliphatic hydroxyl groups is 2. The standard InChI is InChI=1S/C21H25IN2O8/c1-11(26)17(20(28)23-6-7-25)24-19(27)13-8-15-18(31-10-30-15)16(9-13)32-21(29)12-2-4-14(22)5-3-12/h2-5,8,11,15-18,25-26H,6-7,9-10H2,1H3,(H,23,28)(H,24,27)/t11-,15+,16+,17+,18+/m0/s1. The first-order valence-electron chi connectivity index (χ1n) is 10.1. The van der Waals surface area contributed by atoms with Gasteiger partial charge in [-0.05, 0) is 59.9 Å². The van der Waals surface area contributed by atoms with Crippen LogP contribution in [0.25, 0.3) is 0 Å². The lowest BCUT2D eigenvalue weighted by atomic mass is 9.91. The van der Waals surface area contributed by atoms with Gasteiger partial charge in [0.2, 0.25) is 11.8 Å². The molecular weight excluding hydrogens is 535 g/mol. The summed E-state index contributed by atoms with van der Waals surface area (Å²) in [6, 6.07) is 5.65. The summed E-state index contributed by atoms with van der Waals surface area (Å²) in [6.45, 7) is 1.09. The number of fused-ring (bicyclic) bond motifs is 1. The van der Waals surface area contributed by atoms with E-state index >= 15 is 0 Å². The Morgan fingerprint density at radius 1 is 1.25 bits per heavy atom. The minimum absolute atomic E-state index is 0.00181. The minimum atomic E-state index is -1.22. The van der Waals surface area contributed by atoms with E-state index in [9.17, 15) is 19.5 Å². The number of esters is 1. The fraction of sp³-hybridized carbons (Fsp3) is 0.476. The zero-order valence-electron chi connectivity index (χ0n) is 17.3.